The van der Waals surface area contributed by atoms with Gasteiger partial charge in [0.1, 0.15) is 10.3 Å². The fourth-order valence-corrected chi connectivity index (χ4v) is 5.22. The molecule has 0 saturated heterocycles. The van der Waals surface area contributed by atoms with Gasteiger partial charge in [0.15, 0.2) is 5.16 Å². The molecule has 4 aromatic heterocycles. The van der Waals surface area contributed by atoms with E-state index in [0.717, 1.165) is 11.1 Å². The maximum Gasteiger partial charge on any atom is 0.272 e. The van der Waals surface area contributed by atoms with E-state index in [4.69, 9.17) is 16.6 Å². The SMILES string of the molecule is Cc1ccc(Cn2c(SCc3cc(=O)n4cc(Cl)ccc4n3)nc3ccsc3c2=O)cc1. The zero-order chi connectivity index (χ0) is 22.2. The molecule has 0 fully saturated rings. The monoisotopic (exact) mass is 480 g/mol. The topological polar surface area (TPSA) is 69.3 Å². The van der Waals surface area contributed by atoms with Crippen molar-refractivity contribution in [3.8, 4) is 0 Å². The normalized spacial score (nSPS) is 11.4. The van der Waals surface area contributed by atoms with Crippen molar-refractivity contribution in [2.75, 3.05) is 0 Å². The third-order valence-corrected chi connectivity index (χ3v) is 7.14. The largest absolute Gasteiger partial charge is 0.282 e. The van der Waals surface area contributed by atoms with Crippen LogP contribution in [0.5, 0.6) is 0 Å². The lowest BCUT2D eigenvalue weighted by Crippen LogP contribution is -2.23. The van der Waals surface area contributed by atoms with Crippen LogP contribution in [0.1, 0.15) is 16.8 Å². The molecule has 5 aromatic rings. The summed E-state index contributed by atoms with van der Waals surface area (Å²) in [5.41, 5.74) is 3.75. The molecule has 4 heterocycles. The number of thiophene rings is 1. The molecule has 160 valence electrons. The van der Waals surface area contributed by atoms with Gasteiger partial charge in [0.25, 0.3) is 11.1 Å². The molecule has 9 heteroatoms. The van der Waals surface area contributed by atoms with Crippen LogP contribution in [-0.2, 0) is 12.3 Å². The van der Waals surface area contributed by atoms with E-state index in [0.29, 0.717) is 44.0 Å². The molecule has 1 aromatic carbocycles. The van der Waals surface area contributed by atoms with Crippen LogP contribution in [0.2, 0.25) is 5.02 Å². The molecule has 0 saturated carbocycles. The van der Waals surface area contributed by atoms with E-state index in [1.54, 1.807) is 22.9 Å². The Labute approximate surface area is 196 Å². The molecule has 0 radical (unpaired) electrons. The van der Waals surface area contributed by atoms with Crippen molar-refractivity contribution in [3.63, 3.8) is 0 Å². The lowest BCUT2D eigenvalue weighted by atomic mass is 10.1. The van der Waals surface area contributed by atoms with Gasteiger partial charge in [-0.1, -0.05) is 53.2 Å². The van der Waals surface area contributed by atoms with Crippen LogP contribution in [0, 0.1) is 6.92 Å². The number of hydrogen-bond acceptors (Lipinski definition) is 6. The van der Waals surface area contributed by atoms with Gasteiger partial charge in [-0.15, -0.1) is 11.3 Å². The summed E-state index contributed by atoms with van der Waals surface area (Å²) >= 11 is 8.78. The first kappa shape index (κ1) is 20.9. The number of benzene rings is 1. The Bertz CT molecular complexity index is 1570. The fraction of sp³-hybridized carbons (Fsp3) is 0.130. The minimum atomic E-state index is -0.202. The first-order chi connectivity index (χ1) is 15.5. The van der Waals surface area contributed by atoms with Gasteiger partial charge in [0, 0.05) is 18.0 Å². The Balaban J connectivity index is 1.51. The lowest BCUT2D eigenvalue weighted by Gasteiger charge is -2.12. The van der Waals surface area contributed by atoms with Crippen LogP contribution in [-0.4, -0.2) is 18.9 Å². The van der Waals surface area contributed by atoms with E-state index in [2.05, 4.69) is 4.98 Å². The summed E-state index contributed by atoms with van der Waals surface area (Å²) in [6.45, 7) is 2.46. The second-order valence-electron chi connectivity index (χ2n) is 7.36. The third kappa shape index (κ3) is 4.09. The second kappa shape index (κ2) is 8.54. The maximum atomic E-state index is 13.2. The standard InChI is InChI=1S/C23H17ClN4O2S2/c1-14-2-4-15(5-3-14)11-28-22(30)21-18(8-9-31-21)26-23(28)32-13-17-10-20(29)27-12-16(24)6-7-19(27)25-17/h2-10,12H,11,13H2,1H3. The Morgan fingerprint density at radius 3 is 2.69 bits per heavy atom. The molecule has 0 bridgehead atoms. The molecule has 32 heavy (non-hydrogen) atoms. The number of halogens is 1. The van der Waals surface area contributed by atoms with Gasteiger partial charge < -0.3 is 0 Å². The summed E-state index contributed by atoms with van der Waals surface area (Å²) in [4.78, 5) is 35.0. The number of aryl methyl sites for hydroxylation is 1. The molecule has 0 atom stereocenters. The average Bonchev–Trinajstić information content (AvgIpc) is 3.25. The Morgan fingerprint density at radius 1 is 1.06 bits per heavy atom. The number of hydrogen-bond donors (Lipinski definition) is 0. The first-order valence-corrected chi connectivity index (χ1v) is 12.1. The van der Waals surface area contributed by atoms with Gasteiger partial charge >= 0.3 is 0 Å². The van der Waals surface area contributed by atoms with Crippen LogP contribution in [0.25, 0.3) is 15.9 Å². The van der Waals surface area contributed by atoms with Gasteiger partial charge in [0.2, 0.25) is 0 Å². The number of fused-ring (bicyclic) bond motifs is 2. The summed E-state index contributed by atoms with van der Waals surface area (Å²) < 4.78 is 3.75. The van der Waals surface area contributed by atoms with Gasteiger partial charge in [-0.05, 0) is 36.1 Å². The molecule has 5 rings (SSSR count). The molecule has 0 aliphatic heterocycles. The van der Waals surface area contributed by atoms with Crippen molar-refractivity contribution < 1.29 is 0 Å². The van der Waals surface area contributed by atoms with Gasteiger partial charge in [-0.3, -0.25) is 18.6 Å². The van der Waals surface area contributed by atoms with E-state index < -0.39 is 0 Å². The summed E-state index contributed by atoms with van der Waals surface area (Å²) in [5, 5.41) is 2.94. The molecule has 0 aliphatic rings. The molecule has 0 amide bonds. The summed E-state index contributed by atoms with van der Waals surface area (Å²) in [7, 11) is 0. The average molecular weight is 481 g/mol. The van der Waals surface area contributed by atoms with Crippen molar-refractivity contribution in [1.82, 2.24) is 18.9 Å². The number of thioether (sulfide) groups is 1. The minimum Gasteiger partial charge on any atom is -0.282 e. The predicted octanol–water partition coefficient (Wildman–Crippen LogP) is 4.77. The summed E-state index contributed by atoms with van der Waals surface area (Å²) in [6, 6.07) is 14.9. The maximum absolute atomic E-state index is 13.2. The van der Waals surface area contributed by atoms with E-state index in [1.807, 2.05) is 42.6 Å². The molecule has 0 unspecified atom stereocenters. The van der Waals surface area contributed by atoms with E-state index in [9.17, 15) is 9.59 Å². The molecular formula is C23H17ClN4O2S2. The zero-order valence-electron chi connectivity index (χ0n) is 17.0. The Kier molecular flexibility index (Phi) is 5.58. The van der Waals surface area contributed by atoms with Gasteiger partial charge in [0.05, 0.1) is 22.8 Å². The van der Waals surface area contributed by atoms with E-state index in [1.165, 1.54) is 33.6 Å². The highest BCUT2D eigenvalue weighted by atomic mass is 35.5. The van der Waals surface area contributed by atoms with E-state index >= 15 is 0 Å². The highest BCUT2D eigenvalue weighted by Crippen LogP contribution is 2.24. The fourth-order valence-electron chi connectivity index (χ4n) is 3.39. The highest BCUT2D eigenvalue weighted by molar-refractivity contribution is 7.98. The van der Waals surface area contributed by atoms with Crippen LogP contribution in [0.4, 0.5) is 0 Å². The Morgan fingerprint density at radius 2 is 1.88 bits per heavy atom. The third-order valence-electron chi connectivity index (χ3n) is 5.02. The number of aromatic nitrogens is 4. The summed E-state index contributed by atoms with van der Waals surface area (Å²) in [5.74, 6) is 0.407. The van der Waals surface area contributed by atoms with Crippen molar-refractivity contribution >= 4 is 50.6 Å². The van der Waals surface area contributed by atoms with Crippen LogP contribution in [0.3, 0.4) is 0 Å². The molecule has 6 nitrogen and oxygen atoms in total. The predicted molar refractivity (Wildman–Crippen MR) is 130 cm³/mol. The minimum absolute atomic E-state index is 0.0609. The molecule has 0 spiro atoms. The zero-order valence-corrected chi connectivity index (χ0v) is 19.4. The quantitative estimate of drug-likeness (QED) is 0.268. The highest BCUT2D eigenvalue weighted by Gasteiger charge is 2.14. The summed E-state index contributed by atoms with van der Waals surface area (Å²) in [6.07, 6.45) is 1.55. The van der Waals surface area contributed by atoms with Crippen molar-refractivity contribution in [2.24, 2.45) is 0 Å². The lowest BCUT2D eigenvalue weighted by molar-refractivity contribution is 0.659. The van der Waals surface area contributed by atoms with Crippen LogP contribution >= 0.6 is 34.7 Å². The molecule has 0 aliphatic carbocycles. The Hall–Kier alpha value is -2.94. The number of pyridine rings is 1. The molecular weight excluding hydrogens is 464 g/mol. The van der Waals surface area contributed by atoms with Gasteiger partial charge in [-0.25, -0.2) is 9.97 Å². The first-order valence-electron chi connectivity index (χ1n) is 9.82. The smallest absolute Gasteiger partial charge is 0.272 e. The second-order valence-corrected chi connectivity index (χ2v) is 9.65. The van der Waals surface area contributed by atoms with Gasteiger partial charge in [-0.2, -0.15) is 0 Å². The van der Waals surface area contributed by atoms with E-state index in [-0.39, 0.29) is 11.1 Å². The van der Waals surface area contributed by atoms with Crippen LogP contribution in [0.15, 0.2) is 74.9 Å². The number of nitrogens with zero attached hydrogens (tertiary/aromatic N) is 4. The van der Waals surface area contributed by atoms with Crippen molar-refractivity contribution in [1.29, 1.82) is 0 Å². The van der Waals surface area contributed by atoms with Crippen LogP contribution < -0.4 is 11.1 Å². The van der Waals surface area contributed by atoms with Crippen molar-refractivity contribution in [2.45, 2.75) is 24.4 Å². The number of rotatable bonds is 5. The molecule has 0 N–H and O–H groups in total. The van der Waals surface area contributed by atoms with Crippen molar-refractivity contribution in [3.05, 3.63) is 103 Å².